The number of fused-ring (bicyclic) bond motifs is 1. The number of rotatable bonds is 10. The molecule has 15 heteroatoms. The number of non-ortho nitro benzene ring substituents is 1. The molecule has 2 N–H and O–H groups in total. The Morgan fingerprint density at radius 2 is 2.03 bits per heavy atom. The molecule has 4 rings (SSSR count). The van der Waals surface area contributed by atoms with Crippen LogP contribution in [0.15, 0.2) is 80.3 Å². The first-order chi connectivity index (χ1) is 18.2. The number of thioether (sulfide) groups is 1. The number of nitro benzene ring substituents is 1. The Bertz CT molecular complexity index is 1620. The maximum atomic E-state index is 12.7. The summed E-state index contributed by atoms with van der Waals surface area (Å²) < 4.78 is 36.2. The number of para-hydroxylation sites is 2. The number of amides is 1. The Labute approximate surface area is 228 Å². The second-order valence-corrected chi connectivity index (χ2v) is 10.8. The highest BCUT2D eigenvalue weighted by molar-refractivity contribution is 9.10. The highest BCUT2D eigenvalue weighted by atomic mass is 79.9. The summed E-state index contributed by atoms with van der Waals surface area (Å²) in [5.74, 6) is -0.406. The largest absolute Gasteiger partial charge is 0.493 e. The van der Waals surface area contributed by atoms with Crippen molar-refractivity contribution in [3.63, 3.8) is 0 Å². The molecule has 0 atom stereocenters. The van der Waals surface area contributed by atoms with Gasteiger partial charge in [-0.15, -0.1) is 0 Å². The van der Waals surface area contributed by atoms with Crippen molar-refractivity contribution in [1.82, 2.24) is 15.4 Å². The van der Waals surface area contributed by atoms with E-state index in [2.05, 4.69) is 36.4 Å². The summed E-state index contributed by atoms with van der Waals surface area (Å²) in [4.78, 5) is 29.6. The predicted molar refractivity (Wildman–Crippen MR) is 144 cm³/mol. The van der Waals surface area contributed by atoms with Crippen molar-refractivity contribution >= 4 is 66.7 Å². The van der Waals surface area contributed by atoms with Gasteiger partial charge in [0.05, 0.1) is 39.5 Å². The third kappa shape index (κ3) is 6.48. The number of nitro groups is 1. The molecular weight excluding hydrogens is 602 g/mol. The van der Waals surface area contributed by atoms with Gasteiger partial charge in [-0.1, -0.05) is 30.0 Å². The molecule has 0 spiro atoms. The first-order valence-electron chi connectivity index (χ1n) is 10.6. The Kier molecular flexibility index (Phi) is 8.29. The fraction of sp³-hybridized carbons (Fsp3) is 0.0870. The van der Waals surface area contributed by atoms with Gasteiger partial charge in [0.25, 0.3) is 11.6 Å². The van der Waals surface area contributed by atoms with E-state index in [4.69, 9.17) is 8.92 Å². The molecule has 0 saturated carbocycles. The van der Waals surface area contributed by atoms with E-state index in [1.54, 1.807) is 0 Å². The molecule has 3 aromatic carbocycles. The summed E-state index contributed by atoms with van der Waals surface area (Å²) in [6.45, 7) is 0. The molecule has 1 amide bonds. The molecule has 0 bridgehead atoms. The van der Waals surface area contributed by atoms with Gasteiger partial charge in [0.1, 0.15) is 4.90 Å². The average molecular weight is 620 g/mol. The zero-order valence-corrected chi connectivity index (χ0v) is 22.7. The number of methoxy groups -OCH3 is 1. The van der Waals surface area contributed by atoms with E-state index in [1.165, 1.54) is 55.4 Å². The number of aromatic nitrogens is 2. The summed E-state index contributed by atoms with van der Waals surface area (Å²) in [5.41, 5.74) is 4.15. The molecule has 0 aliphatic rings. The monoisotopic (exact) mass is 619 g/mol. The lowest BCUT2D eigenvalue weighted by molar-refractivity contribution is -0.385. The van der Waals surface area contributed by atoms with Crippen molar-refractivity contribution in [3.8, 4) is 11.5 Å². The normalized spacial score (nSPS) is 11.5. The lowest BCUT2D eigenvalue weighted by Crippen LogP contribution is -2.19. The van der Waals surface area contributed by atoms with E-state index in [-0.39, 0.29) is 27.6 Å². The molecule has 38 heavy (non-hydrogen) atoms. The third-order valence-corrected chi connectivity index (χ3v) is 7.55. The van der Waals surface area contributed by atoms with Crippen LogP contribution in [0, 0.1) is 10.1 Å². The van der Waals surface area contributed by atoms with E-state index in [1.807, 2.05) is 24.3 Å². The van der Waals surface area contributed by atoms with Crippen LogP contribution in [0.25, 0.3) is 11.0 Å². The molecule has 0 unspecified atom stereocenters. The van der Waals surface area contributed by atoms with Crippen molar-refractivity contribution in [3.05, 3.63) is 80.8 Å². The molecule has 1 heterocycles. The van der Waals surface area contributed by atoms with Gasteiger partial charge in [0, 0.05) is 12.1 Å². The Hall–Kier alpha value is -3.95. The number of ether oxygens (including phenoxy) is 1. The molecule has 0 radical (unpaired) electrons. The SMILES string of the molecule is COc1cc(/C=N\NC(=O)CSc2nc3ccccc3[nH]2)cc(Br)c1OS(=O)(=O)c1cccc([N+](=O)[O-])c1. The van der Waals surface area contributed by atoms with E-state index < -0.39 is 25.6 Å². The van der Waals surface area contributed by atoms with Crippen molar-refractivity contribution < 1.29 is 27.1 Å². The fourth-order valence-electron chi connectivity index (χ4n) is 3.15. The van der Waals surface area contributed by atoms with Gasteiger partial charge in [-0.05, 0) is 51.8 Å². The second-order valence-electron chi connectivity index (χ2n) is 7.47. The standard InChI is InChI=1S/C23H18BrN5O7S2/c1-35-20-10-14(12-25-28-21(30)13-37-23-26-18-7-2-3-8-19(18)27-23)9-17(24)22(20)36-38(33,34)16-6-4-5-15(11-16)29(31)32/h2-12H,13H2,1H3,(H,26,27)(H,28,30)/b25-12-. The van der Waals surface area contributed by atoms with E-state index in [0.29, 0.717) is 10.7 Å². The average Bonchev–Trinajstić information content (AvgIpc) is 3.32. The minimum atomic E-state index is -4.42. The second kappa shape index (κ2) is 11.6. The van der Waals surface area contributed by atoms with Gasteiger partial charge >= 0.3 is 10.1 Å². The van der Waals surface area contributed by atoms with Gasteiger partial charge in [-0.2, -0.15) is 13.5 Å². The molecule has 0 aliphatic heterocycles. The Balaban J connectivity index is 1.41. The van der Waals surface area contributed by atoms with Crippen LogP contribution in [0.2, 0.25) is 0 Å². The lowest BCUT2D eigenvalue weighted by atomic mass is 10.2. The van der Waals surface area contributed by atoms with Crippen LogP contribution < -0.4 is 14.3 Å². The van der Waals surface area contributed by atoms with Crippen molar-refractivity contribution in [2.75, 3.05) is 12.9 Å². The lowest BCUT2D eigenvalue weighted by Gasteiger charge is -2.13. The van der Waals surface area contributed by atoms with Crippen LogP contribution in [0.1, 0.15) is 5.56 Å². The molecule has 4 aromatic rings. The van der Waals surface area contributed by atoms with Crippen LogP contribution in [0.4, 0.5) is 5.69 Å². The van der Waals surface area contributed by atoms with Crippen LogP contribution in [-0.2, 0) is 14.9 Å². The number of hydrogen-bond acceptors (Lipinski definition) is 10. The van der Waals surface area contributed by atoms with E-state index >= 15 is 0 Å². The van der Waals surface area contributed by atoms with Crippen LogP contribution >= 0.6 is 27.7 Å². The smallest absolute Gasteiger partial charge is 0.339 e. The topological polar surface area (TPSA) is 166 Å². The molecule has 1 aromatic heterocycles. The van der Waals surface area contributed by atoms with Crippen molar-refractivity contribution in [2.45, 2.75) is 10.1 Å². The number of nitrogens with one attached hydrogen (secondary N) is 2. The zero-order valence-electron chi connectivity index (χ0n) is 19.5. The number of imidazole rings is 1. The summed E-state index contributed by atoms with van der Waals surface area (Å²) in [6.07, 6.45) is 1.34. The number of hydrazone groups is 1. The minimum absolute atomic E-state index is 0.0431. The molecule has 0 fully saturated rings. The van der Waals surface area contributed by atoms with E-state index in [0.717, 1.165) is 17.1 Å². The highest BCUT2D eigenvalue weighted by Crippen LogP contribution is 2.38. The quantitative estimate of drug-likeness (QED) is 0.0867. The van der Waals surface area contributed by atoms with E-state index in [9.17, 15) is 23.3 Å². The maximum absolute atomic E-state index is 12.7. The van der Waals surface area contributed by atoms with Gasteiger partial charge in [0.15, 0.2) is 16.7 Å². The summed E-state index contributed by atoms with van der Waals surface area (Å²) >= 11 is 4.47. The number of H-pyrrole nitrogens is 1. The Morgan fingerprint density at radius 3 is 2.76 bits per heavy atom. The molecule has 12 nitrogen and oxygen atoms in total. The summed E-state index contributed by atoms with van der Waals surface area (Å²) in [7, 11) is -3.11. The summed E-state index contributed by atoms with van der Waals surface area (Å²) in [6, 6.07) is 14.9. The summed E-state index contributed by atoms with van der Waals surface area (Å²) in [5, 5.41) is 15.5. The molecular formula is C23H18BrN5O7S2. The van der Waals surface area contributed by atoms with Gasteiger partial charge < -0.3 is 13.9 Å². The molecule has 0 aliphatic carbocycles. The number of aromatic amines is 1. The minimum Gasteiger partial charge on any atom is -0.493 e. The van der Waals surface area contributed by atoms with Crippen molar-refractivity contribution in [2.24, 2.45) is 5.10 Å². The molecule has 196 valence electrons. The molecule has 0 saturated heterocycles. The first kappa shape index (κ1) is 27.1. The number of hydrogen-bond donors (Lipinski definition) is 2. The predicted octanol–water partition coefficient (Wildman–Crippen LogP) is 4.25. The highest BCUT2D eigenvalue weighted by Gasteiger charge is 2.24. The number of halogens is 1. The number of carbonyl (C=O) groups excluding carboxylic acids is 1. The Morgan fingerprint density at radius 1 is 1.24 bits per heavy atom. The third-order valence-electron chi connectivity index (χ3n) is 4.87. The number of nitrogens with zero attached hydrogens (tertiary/aromatic N) is 3. The first-order valence-corrected chi connectivity index (χ1v) is 13.8. The maximum Gasteiger partial charge on any atom is 0.339 e. The van der Waals surface area contributed by atoms with Gasteiger partial charge in [0.2, 0.25) is 0 Å². The van der Waals surface area contributed by atoms with Crippen LogP contribution in [0.3, 0.4) is 0 Å². The zero-order chi connectivity index (χ0) is 27.3. The van der Waals surface area contributed by atoms with Gasteiger partial charge in [-0.25, -0.2) is 10.4 Å². The van der Waals surface area contributed by atoms with Crippen LogP contribution in [-0.4, -0.2) is 48.3 Å². The van der Waals surface area contributed by atoms with Crippen LogP contribution in [0.5, 0.6) is 11.5 Å². The fourth-order valence-corrected chi connectivity index (χ4v) is 5.47. The number of carbonyl (C=O) groups is 1. The van der Waals surface area contributed by atoms with Gasteiger partial charge in [-0.3, -0.25) is 14.9 Å². The number of benzene rings is 3. The van der Waals surface area contributed by atoms with Crippen molar-refractivity contribution in [1.29, 1.82) is 0 Å².